The Morgan fingerprint density at radius 3 is 2.95 bits per heavy atom. The average molecular weight is 283 g/mol. The number of anilines is 1. The maximum Gasteiger partial charge on any atom is 0.256 e. The minimum absolute atomic E-state index is 0.0452. The summed E-state index contributed by atoms with van der Waals surface area (Å²) in [6, 6.07) is 0. The largest absolute Gasteiger partial charge is 0.383 e. The highest BCUT2D eigenvalue weighted by Crippen LogP contribution is 2.38. The van der Waals surface area contributed by atoms with Gasteiger partial charge in [-0.3, -0.25) is 4.79 Å². The Bertz CT molecular complexity index is 666. The van der Waals surface area contributed by atoms with Gasteiger partial charge >= 0.3 is 0 Å². The Balaban J connectivity index is 1.70. The van der Waals surface area contributed by atoms with E-state index < -0.39 is 0 Å². The second-order valence-corrected chi connectivity index (χ2v) is 6.38. The number of allylic oxidation sites excluding steroid dienone is 4. The second kappa shape index (κ2) is 4.86. The van der Waals surface area contributed by atoms with Crippen LogP contribution < -0.4 is 5.73 Å². The van der Waals surface area contributed by atoms with Crippen LogP contribution in [0.4, 0.5) is 5.82 Å². The molecule has 3 aliphatic carbocycles. The van der Waals surface area contributed by atoms with Gasteiger partial charge in [-0.05, 0) is 56.9 Å². The molecule has 0 saturated carbocycles. The fourth-order valence-electron chi connectivity index (χ4n) is 4.00. The first kappa shape index (κ1) is 12.9. The van der Waals surface area contributed by atoms with E-state index in [0.717, 1.165) is 62.6 Å². The van der Waals surface area contributed by atoms with Crippen LogP contribution in [0.1, 0.15) is 54.6 Å². The molecule has 0 fully saturated rings. The lowest BCUT2D eigenvalue weighted by Gasteiger charge is -2.23. The SMILES string of the molecule is Nc1c2c(nn1C(=O)C1CCCC3=C1C=CC3)CCCC2. The molecule has 0 spiro atoms. The van der Waals surface area contributed by atoms with Crippen LogP contribution in [0.3, 0.4) is 0 Å². The summed E-state index contributed by atoms with van der Waals surface area (Å²) in [6.07, 6.45) is 12.7. The highest BCUT2D eigenvalue weighted by atomic mass is 16.2. The molecule has 4 rings (SSSR count). The smallest absolute Gasteiger partial charge is 0.256 e. The molecular formula is C17H21N3O. The number of hydrogen-bond acceptors (Lipinski definition) is 3. The molecule has 4 heteroatoms. The van der Waals surface area contributed by atoms with Crippen molar-refractivity contribution >= 4 is 11.7 Å². The van der Waals surface area contributed by atoms with Gasteiger partial charge in [0.25, 0.3) is 5.91 Å². The summed E-state index contributed by atoms with van der Waals surface area (Å²) in [6.45, 7) is 0. The van der Waals surface area contributed by atoms with Gasteiger partial charge in [0.1, 0.15) is 5.82 Å². The van der Waals surface area contributed by atoms with Gasteiger partial charge in [0.2, 0.25) is 0 Å². The van der Waals surface area contributed by atoms with Gasteiger partial charge in [0.05, 0.1) is 11.6 Å². The number of rotatable bonds is 1. The van der Waals surface area contributed by atoms with E-state index in [-0.39, 0.29) is 11.8 Å². The molecule has 0 amide bonds. The summed E-state index contributed by atoms with van der Waals surface area (Å²) in [5, 5.41) is 4.54. The van der Waals surface area contributed by atoms with E-state index in [4.69, 9.17) is 5.73 Å². The Kier molecular flexibility index (Phi) is 2.98. The van der Waals surface area contributed by atoms with Crippen molar-refractivity contribution < 1.29 is 4.79 Å². The number of carbonyl (C=O) groups is 1. The maximum atomic E-state index is 12.9. The van der Waals surface area contributed by atoms with Gasteiger partial charge in [-0.25, -0.2) is 0 Å². The predicted molar refractivity (Wildman–Crippen MR) is 82.0 cm³/mol. The topological polar surface area (TPSA) is 60.9 Å². The van der Waals surface area contributed by atoms with Crippen molar-refractivity contribution in [3.05, 3.63) is 34.6 Å². The monoisotopic (exact) mass is 283 g/mol. The minimum Gasteiger partial charge on any atom is -0.383 e. The molecule has 1 heterocycles. The third-order valence-electron chi connectivity index (χ3n) is 5.12. The van der Waals surface area contributed by atoms with Crippen LogP contribution in [-0.2, 0) is 12.8 Å². The number of hydrogen-bond donors (Lipinski definition) is 1. The van der Waals surface area contributed by atoms with Gasteiger partial charge in [0.15, 0.2) is 0 Å². The maximum absolute atomic E-state index is 12.9. The van der Waals surface area contributed by atoms with E-state index in [1.165, 1.54) is 15.8 Å². The lowest BCUT2D eigenvalue weighted by atomic mass is 9.83. The summed E-state index contributed by atoms with van der Waals surface area (Å²) < 4.78 is 1.50. The van der Waals surface area contributed by atoms with Gasteiger partial charge in [-0.1, -0.05) is 17.7 Å². The molecule has 1 atom stereocenters. The zero-order valence-corrected chi connectivity index (χ0v) is 12.3. The van der Waals surface area contributed by atoms with Crippen molar-refractivity contribution in [2.45, 2.75) is 51.4 Å². The molecule has 3 aliphatic rings. The first-order valence-corrected chi connectivity index (χ1v) is 8.04. The number of nitrogens with zero attached hydrogens (tertiary/aromatic N) is 2. The first-order chi connectivity index (χ1) is 10.3. The van der Waals surface area contributed by atoms with E-state index in [9.17, 15) is 4.79 Å². The fourth-order valence-corrected chi connectivity index (χ4v) is 4.00. The molecule has 0 aromatic carbocycles. The van der Waals surface area contributed by atoms with Crippen LogP contribution >= 0.6 is 0 Å². The lowest BCUT2D eigenvalue weighted by Crippen LogP contribution is -2.27. The summed E-state index contributed by atoms with van der Waals surface area (Å²) in [5.41, 5.74) is 11.0. The summed E-state index contributed by atoms with van der Waals surface area (Å²) in [5.74, 6) is 0.612. The molecule has 4 nitrogen and oxygen atoms in total. The minimum atomic E-state index is -0.0452. The van der Waals surface area contributed by atoms with E-state index in [1.807, 2.05) is 0 Å². The summed E-state index contributed by atoms with van der Waals surface area (Å²) in [4.78, 5) is 12.9. The zero-order valence-electron chi connectivity index (χ0n) is 12.3. The zero-order chi connectivity index (χ0) is 14.4. The molecule has 1 aromatic heterocycles. The van der Waals surface area contributed by atoms with Crippen molar-refractivity contribution in [1.29, 1.82) is 0 Å². The second-order valence-electron chi connectivity index (χ2n) is 6.38. The molecule has 21 heavy (non-hydrogen) atoms. The van der Waals surface area contributed by atoms with Crippen molar-refractivity contribution in [3.8, 4) is 0 Å². The van der Waals surface area contributed by atoms with E-state index in [1.54, 1.807) is 0 Å². The quantitative estimate of drug-likeness (QED) is 0.861. The van der Waals surface area contributed by atoms with Crippen LogP contribution in [0.2, 0.25) is 0 Å². The fraction of sp³-hybridized carbons (Fsp3) is 0.529. The van der Waals surface area contributed by atoms with E-state index in [0.29, 0.717) is 5.82 Å². The number of carbonyl (C=O) groups excluding carboxylic acids is 1. The van der Waals surface area contributed by atoms with Gasteiger partial charge < -0.3 is 5.73 Å². The third-order valence-corrected chi connectivity index (χ3v) is 5.12. The Hall–Kier alpha value is -1.84. The molecule has 0 radical (unpaired) electrons. The van der Waals surface area contributed by atoms with Gasteiger partial charge in [0, 0.05) is 5.56 Å². The number of nitrogen functional groups attached to an aromatic ring is 1. The average Bonchev–Trinajstić information content (AvgIpc) is 3.11. The number of nitrogens with two attached hydrogens (primary N) is 1. The highest BCUT2D eigenvalue weighted by molar-refractivity contribution is 5.87. The van der Waals surface area contributed by atoms with E-state index in [2.05, 4.69) is 17.3 Å². The standard InChI is InChI=1S/C17H21N3O/c18-16-14-7-1-2-10-15(14)19-20(16)17(21)13-9-4-6-11-5-3-8-12(11)13/h3,8,13H,1-2,4-7,9-10,18H2. The molecule has 2 N–H and O–H groups in total. The van der Waals surface area contributed by atoms with E-state index >= 15 is 0 Å². The molecule has 0 aliphatic heterocycles. The third kappa shape index (κ3) is 1.96. The van der Waals surface area contributed by atoms with Crippen molar-refractivity contribution in [2.24, 2.45) is 5.92 Å². The molecule has 0 saturated heterocycles. The summed E-state index contributed by atoms with van der Waals surface area (Å²) in [7, 11) is 0. The Morgan fingerprint density at radius 1 is 1.24 bits per heavy atom. The number of aryl methyl sites for hydroxylation is 1. The predicted octanol–water partition coefficient (Wildman–Crippen LogP) is 3.04. The van der Waals surface area contributed by atoms with Crippen molar-refractivity contribution in [2.75, 3.05) is 5.73 Å². The van der Waals surface area contributed by atoms with Crippen LogP contribution in [0, 0.1) is 5.92 Å². The van der Waals surface area contributed by atoms with Crippen molar-refractivity contribution in [3.63, 3.8) is 0 Å². The molecular weight excluding hydrogens is 262 g/mol. The van der Waals surface area contributed by atoms with Crippen LogP contribution in [0.15, 0.2) is 23.3 Å². The normalized spacial score (nSPS) is 24.1. The molecule has 110 valence electrons. The Labute approximate surface area is 124 Å². The van der Waals surface area contributed by atoms with Crippen molar-refractivity contribution in [1.82, 2.24) is 9.78 Å². The summed E-state index contributed by atoms with van der Waals surface area (Å²) >= 11 is 0. The molecule has 1 aromatic rings. The first-order valence-electron chi connectivity index (χ1n) is 8.04. The molecule has 0 bridgehead atoms. The highest BCUT2D eigenvalue weighted by Gasteiger charge is 2.32. The van der Waals surface area contributed by atoms with Crippen LogP contribution in [-0.4, -0.2) is 15.7 Å². The number of fused-ring (bicyclic) bond motifs is 1. The number of aromatic nitrogens is 2. The van der Waals surface area contributed by atoms with Crippen LogP contribution in [0.5, 0.6) is 0 Å². The van der Waals surface area contributed by atoms with Gasteiger partial charge in [-0.15, -0.1) is 0 Å². The lowest BCUT2D eigenvalue weighted by molar-refractivity contribution is 0.0832. The van der Waals surface area contributed by atoms with Crippen LogP contribution in [0.25, 0.3) is 0 Å². The van der Waals surface area contributed by atoms with Gasteiger partial charge in [-0.2, -0.15) is 9.78 Å². The molecule has 1 unspecified atom stereocenters. The Morgan fingerprint density at radius 2 is 2.10 bits per heavy atom.